The zero-order valence-electron chi connectivity index (χ0n) is 10.6. The fourth-order valence-corrected chi connectivity index (χ4v) is 1.86. The molecule has 1 aromatic heterocycles. The normalized spacial score (nSPS) is 10.7. The van der Waals surface area contributed by atoms with E-state index in [-0.39, 0.29) is 5.91 Å². The maximum atomic E-state index is 11.9. The van der Waals surface area contributed by atoms with E-state index in [9.17, 15) is 4.79 Å². The number of carbonyl (C=O) groups excluding carboxylic acids is 1. The second kappa shape index (κ2) is 6.21. The van der Waals surface area contributed by atoms with Crippen LogP contribution in [-0.2, 0) is 0 Å². The number of amides is 1. The predicted molar refractivity (Wildman–Crippen MR) is 73.8 cm³/mol. The van der Waals surface area contributed by atoms with E-state index in [1.54, 1.807) is 0 Å². The summed E-state index contributed by atoms with van der Waals surface area (Å²) in [5, 5.41) is 7.27. The Bertz CT molecular complexity index is 518. The highest BCUT2D eigenvalue weighted by atomic mass is 16.1. The van der Waals surface area contributed by atoms with Crippen LogP contribution in [0.25, 0.3) is 10.9 Å². The van der Waals surface area contributed by atoms with Crippen molar-refractivity contribution in [3.8, 4) is 0 Å². The third kappa shape index (κ3) is 3.11. The van der Waals surface area contributed by atoms with Crippen LogP contribution in [0.5, 0.6) is 0 Å². The second-order valence-electron chi connectivity index (χ2n) is 4.29. The van der Waals surface area contributed by atoms with Gasteiger partial charge in [-0.3, -0.25) is 4.79 Å². The Morgan fingerprint density at radius 3 is 2.94 bits per heavy atom. The Labute approximate surface area is 107 Å². The Hall–Kier alpha value is -1.81. The number of rotatable bonds is 6. The van der Waals surface area contributed by atoms with Crippen molar-refractivity contribution in [3.05, 3.63) is 36.0 Å². The molecule has 0 atom stereocenters. The highest BCUT2D eigenvalue weighted by molar-refractivity contribution is 5.97. The van der Waals surface area contributed by atoms with Crippen molar-refractivity contribution in [2.24, 2.45) is 0 Å². The van der Waals surface area contributed by atoms with Crippen molar-refractivity contribution in [2.75, 3.05) is 19.6 Å². The summed E-state index contributed by atoms with van der Waals surface area (Å²) >= 11 is 0. The lowest BCUT2D eigenvalue weighted by molar-refractivity contribution is 0.0954. The van der Waals surface area contributed by atoms with E-state index >= 15 is 0 Å². The molecule has 1 heterocycles. The summed E-state index contributed by atoms with van der Waals surface area (Å²) < 4.78 is 0. The molecule has 1 amide bonds. The molecule has 0 spiro atoms. The zero-order valence-corrected chi connectivity index (χ0v) is 10.6. The minimum atomic E-state index is -0.0233. The van der Waals surface area contributed by atoms with Crippen LogP contribution >= 0.6 is 0 Å². The van der Waals surface area contributed by atoms with Crippen LogP contribution in [-0.4, -0.2) is 30.5 Å². The second-order valence-corrected chi connectivity index (χ2v) is 4.29. The van der Waals surface area contributed by atoms with Crippen LogP contribution in [0.3, 0.4) is 0 Å². The third-order valence-corrected chi connectivity index (χ3v) is 2.83. The quantitative estimate of drug-likeness (QED) is 0.681. The highest BCUT2D eigenvalue weighted by Gasteiger charge is 2.05. The molecule has 0 unspecified atom stereocenters. The van der Waals surface area contributed by atoms with E-state index in [0.29, 0.717) is 12.1 Å². The van der Waals surface area contributed by atoms with E-state index in [4.69, 9.17) is 0 Å². The maximum Gasteiger partial charge on any atom is 0.251 e. The Kier molecular flexibility index (Phi) is 4.36. The van der Waals surface area contributed by atoms with Crippen molar-refractivity contribution in [1.29, 1.82) is 0 Å². The molecule has 96 valence electrons. The lowest BCUT2D eigenvalue weighted by atomic mass is 10.1. The summed E-state index contributed by atoms with van der Waals surface area (Å²) in [4.78, 5) is 15.0. The zero-order chi connectivity index (χ0) is 12.8. The summed E-state index contributed by atoms with van der Waals surface area (Å²) in [5.41, 5.74) is 1.69. The fourth-order valence-electron chi connectivity index (χ4n) is 1.86. The van der Waals surface area contributed by atoms with Gasteiger partial charge in [0, 0.05) is 30.4 Å². The molecule has 0 saturated heterocycles. The number of aromatic amines is 1. The van der Waals surface area contributed by atoms with Gasteiger partial charge in [-0.05, 0) is 36.6 Å². The summed E-state index contributed by atoms with van der Waals surface area (Å²) in [7, 11) is 0. The molecule has 18 heavy (non-hydrogen) atoms. The topological polar surface area (TPSA) is 56.9 Å². The van der Waals surface area contributed by atoms with Crippen molar-refractivity contribution >= 4 is 16.8 Å². The van der Waals surface area contributed by atoms with Crippen molar-refractivity contribution in [2.45, 2.75) is 13.3 Å². The van der Waals surface area contributed by atoms with Gasteiger partial charge in [0.1, 0.15) is 0 Å². The first-order valence-electron chi connectivity index (χ1n) is 6.37. The molecule has 0 aliphatic carbocycles. The van der Waals surface area contributed by atoms with Crippen LogP contribution < -0.4 is 10.6 Å². The van der Waals surface area contributed by atoms with E-state index in [1.807, 2.05) is 30.5 Å². The minimum Gasteiger partial charge on any atom is -0.361 e. The first-order valence-corrected chi connectivity index (χ1v) is 6.37. The van der Waals surface area contributed by atoms with Crippen molar-refractivity contribution in [1.82, 2.24) is 15.6 Å². The number of fused-ring (bicyclic) bond motifs is 1. The molecule has 1 aromatic carbocycles. The van der Waals surface area contributed by atoms with Crippen LogP contribution in [0.4, 0.5) is 0 Å². The molecule has 0 aliphatic rings. The lowest BCUT2D eigenvalue weighted by Crippen LogP contribution is -2.32. The first-order chi connectivity index (χ1) is 8.81. The average Bonchev–Trinajstić information content (AvgIpc) is 2.85. The van der Waals surface area contributed by atoms with Crippen LogP contribution in [0.2, 0.25) is 0 Å². The molecule has 0 bridgehead atoms. The lowest BCUT2D eigenvalue weighted by Gasteiger charge is -2.06. The molecule has 2 aromatic rings. The fraction of sp³-hybridized carbons (Fsp3) is 0.357. The number of hydrogen-bond donors (Lipinski definition) is 3. The summed E-state index contributed by atoms with van der Waals surface area (Å²) in [6, 6.07) is 7.68. The number of aromatic nitrogens is 1. The third-order valence-electron chi connectivity index (χ3n) is 2.83. The Balaban J connectivity index is 1.88. The van der Waals surface area contributed by atoms with Gasteiger partial charge < -0.3 is 15.6 Å². The van der Waals surface area contributed by atoms with Gasteiger partial charge in [-0.25, -0.2) is 0 Å². The van der Waals surface area contributed by atoms with E-state index in [2.05, 4.69) is 22.5 Å². The predicted octanol–water partition coefficient (Wildman–Crippen LogP) is 1.90. The van der Waals surface area contributed by atoms with Gasteiger partial charge in [0.05, 0.1) is 0 Å². The summed E-state index contributed by atoms with van der Waals surface area (Å²) in [6.07, 6.45) is 2.98. The number of H-pyrrole nitrogens is 1. The van der Waals surface area contributed by atoms with Crippen LogP contribution in [0.1, 0.15) is 23.7 Å². The molecule has 3 N–H and O–H groups in total. The average molecular weight is 245 g/mol. The van der Waals surface area contributed by atoms with Gasteiger partial charge in [-0.15, -0.1) is 0 Å². The summed E-state index contributed by atoms with van der Waals surface area (Å²) in [5.74, 6) is -0.0233. The number of nitrogens with one attached hydrogen (secondary N) is 3. The van der Waals surface area contributed by atoms with E-state index in [1.165, 1.54) is 0 Å². The molecule has 0 saturated carbocycles. The van der Waals surface area contributed by atoms with Gasteiger partial charge >= 0.3 is 0 Å². The maximum absolute atomic E-state index is 11.9. The number of benzene rings is 1. The smallest absolute Gasteiger partial charge is 0.251 e. The SMILES string of the molecule is CCCNCCNC(=O)c1ccc2cc[nH]c2c1. The van der Waals surface area contributed by atoms with E-state index in [0.717, 1.165) is 30.4 Å². The Morgan fingerprint density at radius 1 is 1.22 bits per heavy atom. The van der Waals surface area contributed by atoms with E-state index < -0.39 is 0 Å². The minimum absolute atomic E-state index is 0.0233. The van der Waals surface area contributed by atoms with Gasteiger partial charge in [0.15, 0.2) is 0 Å². The molecule has 0 radical (unpaired) electrons. The largest absolute Gasteiger partial charge is 0.361 e. The van der Waals surface area contributed by atoms with Gasteiger partial charge in [0.2, 0.25) is 0 Å². The molecule has 0 aliphatic heterocycles. The monoisotopic (exact) mass is 245 g/mol. The van der Waals surface area contributed by atoms with Gasteiger partial charge in [-0.1, -0.05) is 13.0 Å². The molecular weight excluding hydrogens is 226 g/mol. The number of hydrogen-bond acceptors (Lipinski definition) is 2. The van der Waals surface area contributed by atoms with Crippen molar-refractivity contribution < 1.29 is 4.79 Å². The standard InChI is InChI=1S/C14H19N3O/c1-2-6-15-8-9-17-14(18)12-4-3-11-5-7-16-13(11)10-12/h3-5,7,10,15-16H,2,6,8-9H2,1H3,(H,17,18). The molecule has 4 nitrogen and oxygen atoms in total. The molecule has 2 rings (SSSR count). The Morgan fingerprint density at radius 2 is 2.11 bits per heavy atom. The van der Waals surface area contributed by atoms with Crippen LogP contribution in [0, 0.1) is 0 Å². The molecular formula is C14H19N3O. The van der Waals surface area contributed by atoms with Gasteiger partial charge in [-0.2, -0.15) is 0 Å². The van der Waals surface area contributed by atoms with Crippen molar-refractivity contribution in [3.63, 3.8) is 0 Å². The highest BCUT2D eigenvalue weighted by Crippen LogP contribution is 2.13. The summed E-state index contributed by atoms with van der Waals surface area (Å²) in [6.45, 7) is 4.58. The first kappa shape index (κ1) is 12.6. The molecule has 4 heteroatoms. The van der Waals surface area contributed by atoms with Gasteiger partial charge in [0.25, 0.3) is 5.91 Å². The van der Waals surface area contributed by atoms with Crippen LogP contribution in [0.15, 0.2) is 30.5 Å². The molecule has 0 fully saturated rings. The number of carbonyl (C=O) groups is 1.